The molecule has 0 aromatic rings. The quantitative estimate of drug-likeness (QED) is 0.419. The zero-order valence-electron chi connectivity index (χ0n) is 13.0. The molecular formula is C13H21NO7S. The standard InChI is InChI=1S/C13H21NO7S/c1-12(2,3)21-11(17)13(7-20-22(4,18)19)9(10(15)16)5-8-6-14(8)13/h8-9H,5-7H2,1-4H3,(H,15,16)/t8-,9+,13?,14?/m0/s1. The molecule has 0 bridgehead atoms. The lowest BCUT2D eigenvalue weighted by Crippen LogP contribution is -2.58. The molecule has 0 radical (unpaired) electrons. The Labute approximate surface area is 129 Å². The molecule has 2 rings (SSSR count). The third-order valence-electron chi connectivity index (χ3n) is 3.85. The van der Waals surface area contributed by atoms with Crippen LogP contribution >= 0.6 is 0 Å². The van der Waals surface area contributed by atoms with Crippen molar-refractivity contribution in [3.63, 3.8) is 0 Å². The van der Waals surface area contributed by atoms with Gasteiger partial charge in [0.25, 0.3) is 10.1 Å². The maximum atomic E-state index is 12.6. The highest BCUT2D eigenvalue weighted by Gasteiger charge is 2.69. The van der Waals surface area contributed by atoms with Gasteiger partial charge in [-0.3, -0.25) is 13.9 Å². The monoisotopic (exact) mass is 335 g/mol. The largest absolute Gasteiger partial charge is 0.481 e. The van der Waals surface area contributed by atoms with E-state index in [-0.39, 0.29) is 12.5 Å². The number of rotatable bonds is 5. The fourth-order valence-corrected chi connectivity index (χ4v) is 3.30. The molecule has 0 saturated carbocycles. The Bertz CT molecular complexity index is 594. The molecule has 2 fully saturated rings. The average Bonchev–Trinajstić information content (AvgIpc) is 2.98. The van der Waals surface area contributed by atoms with E-state index in [9.17, 15) is 23.1 Å². The highest BCUT2D eigenvalue weighted by molar-refractivity contribution is 7.85. The Morgan fingerprint density at radius 2 is 1.95 bits per heavy atom. The highest BCUT2D eigenvalue weighted by Crippen LogP contribution is 2.49. The van der Waals surface area contributed by atoms with Crippen molar-refractivity contribution < 1.29 is 32.0 Å². The predicted molar refractivity (Wildman–Crippen MR) is 75.6 cm³/mol. The van der Waals surface area contributed by atoms with Crippen LogP contribution in [-0.4, -0.2) is 67.0 Å². The number of carbonyl (C=O) groups is 2. The summed E-state index contributed by atoms with van der Waals surface area (Å²) in [5, 5.41) is 9.42. The minimum Gasteiger partial charge on any atom is -0.481 e. The van der Waals surface area contributed by atoms with Crippen molar-refractivity contribution in [1.29, 1.82) is 0 Å². The summed E-state index contributed by atoms with van der Waals surface area (Å²) in [5.41, 5.74) is -2.40. The van der Waals surface area contributed by atoms with Crippen LogP contribution < -0.4 is 0 Å². The van der Waals surface area contributed by atoms with E-state index in [0.717, 1.165) is 6.26 Å². The van der Waals surface area contributed by atoms with Gasteiger partial charge in [-0.05, 0) is 27.2 Å². The molecule has 2 aliphatic heterocycles. The van der Waals surface area contributed by atoms with Crippen LogP contribution in [0.3, 0.4) is 0 Å². The van der Waals surface area contributed by atoms with Crippen molar-refractivity contribution in [3.8, 4) is 0 Å². The maximum Gasteiger partial charge on any atom is 0.330 e. The van der Waals surface area contributed by atoms with E-state index in [0.29, 0.717) is 6.54 Å². The molecule has 2 heterocycles. The van der Waals surface area contributed by atoms with Gasteiger partial charge in [-0.25, -0.2) is 4.79 Å². The SMILES string of the molecule is CC(C)(C)OC(=O)C1(COS(C)(=O)=O)[C@@H](C(=O)O)C[C@H]2CN21. The molecule has 2 unspecified atom stereocenters. The minimum absolute atomic E-state index is 0.0446. The molecule has 22 heavy (non-hydrogen) atoms. The summed E-state index contributed by atoms with van der Waals surface area (Å²) >= 11 is 0. The summed E-state index contributed by atoms with van der Waals surface area (Å²) in [6, 6.07) is -0.0446. The van der Waals surface area contributed by atoms with Crippen LogP contribution in [-0.2, 0) is 28.6 Å². The van der Waals surface area contributed by atoms with E-state index in [1.54, 1.807) is 25.7 Å². The first-order valence-electron chi connectivity index (χ1n) is 6.94. The molecule has 0 amide bonds. The molecule has 1 N–H and O–H groups in total. The second-order valence-corrected chi connectivity index (χ2v) is 8.47. The van der Waals surface area contributed by atoms with E-state index >= 15 is 0 Å². The van der Waals surface area contributed by atoms with Crippen LogP contribution in [0.2, 0.25) is 0 Å². The summed E-state index contributed by atoms with van der Waals surface area (Å²) in [5.74, 6) is -2.96. The third-order valence-corrected chi connectivity index (χ3v) is 4.40. The summed E-state index contributed by atoms with van der Waals surface area (Å²) in [6.45, 7) is 4.99. The lowest BCUT2D eigenvalue weighted by Gasteiger charge is -2.35. The highest BCUT2D eigenvalue weighted by atomic mass is 32.2. The molecule has 0 aromatic carbocycles. The van der Waals surface area contributed by atoms with Gasteiger partial charge in [-0.2, -0.15) is 8.42 Å². The fraction of sp³-hybridized carbons (Fsp3) is 0.846. The lowest BCUT2D eigenvalue weighted by molar-refractivity contribution is -0.175. The Morgan fingerprint density at radius 1 is 1.36 bits per heavy atom. The van der Waals surface area contributed by atoms with Gasteiger partial charge in [0.2, 0.25) is 0 Å². The topological polar surface area (TPSA) is 110 Å². The van der Waals surface area contributed by atoms with Crippen LogP contribution in [0, 0.1) is 5.92 Å². The molecule has 2 saturated heterocycles. The van der Waals surface area contributed by atoms with Crippen molar-refractivity contribution in [2.75, 3.05) is 19.4 Å². The lowest BCUT2D eigenvalue weighted by atomic mass is 9.83. The smallest absolute Gasteiger partial charge is 0.330 e. The molecule has 4 atom stereocenters. The van der Waals surface area contributed by atoms with E-state index in [1.807, 2.05) is 0 Å². The van der Waals surface area contributed by atoms with Gasteiger partial charge in [0, 0.05) is 12.6 Å². The number of ether oxygens (including phenoxy) is 1. The van der Waals surface area contributed by atoms with Crippen molar-refractivity contribution in [3.05, 3.63) is 0 Å². The van der Waals surface area contributed by atoms with Crippen LogP contribution in [0.25, 0.3) is 0 Å². The normalized spacial score (nSPS) is 34.1. The number of carboxylic acid groups (broad SMARTS) is 1. The molecule has 2 aliphatic rings. The molecule has 0 aliphatic carbocycles. The third kappa shape index (κ3) is 3.26. The van der Waals surface area contributed by atoms with Crippen LogP contribution in [0.15, 0.2) is 0 Å². The molecular weight excluding hydrogens is 314 g/mol. The van der Waals surface area contributed by atoms with Gasteiger partial charge < -0.3 is 9.84 Å². The second-order valence-electron chi connectivity index (χ2n) is 6.83. The zero-order chi connectivity index (χ0) is 16.9. The number of hydrogen-bond acceptors (Lipinski definition) is 7. The Hall–Kier alpha value is -1.19. The van der Waals surface area contributed by atoms with Gasteiger partial charge in [-0.1, -0.05) is 0 Å². The van der Waals surface area contributed by atoms with Gasteiger partial charge in [0.15, 0.2) is 5.54 Å². The van der Waals surface area contributed by atoms with E-state index < -0.39 is 45.7 Å². The van der Waals surface area contributed by atoms with Gasteiger partial charge in [0.05, 0.1) is 18.8 Å². The number of fused-ring (bicyclic) bond motifs is 1. The summed E-state index contributed by atoms with van der Waals surface area (Å²) in [4.78, 5) is 25.8. The first-order chi connectivity index (χ1) is 9.87. The summed E-state index contributed by atoms with van der Waals surface area (Å²) in [7, 11) is -3.81. The Balaban J connectivity index is 2.35. The number of piperidine rings is 1. The Morgan fingerprint density at radius 3 is 2.41 bits per heavy atom. The average molecular weight is 335 g/mol. The number of carboxylic acids is 1. The second kappa shape index (κ2) is 5.17. The number of carbonyl (C=O) groups excluding carboxylic acids is 1. The van der Waals surface area contributed by atoms with Crippen molar-refractivity contribution >= 4 is 22.1 Å². The van der Waals surface area contributed by atoms with E-state index in [1.165, 1.54) is 0 Å². The van der Waals surface area contributed by atoms with Crippen molar-refractivity contribution in [2.45, 2.75) is 44.4 Å². The van der Waals surface area contributed by atoms with E-state index in [2.05, 4.69) is 0 Å². The van der Waals surface area contributed by atoms with Gasteiger partial charge in [-0.15, -0.1) is 0 Å². The Kier molecular flexibility index (Phi) is 4.04. The van der Waals surface area contributed by atoms with Gasteiger partial charge in [0.1, 0.15) is 5.60 Å². The van der Waals surface area contributed by atoms with E-state index in [4.69, 9.17) is 8.92 Å². The molecule has 0 aromatic heterocycles. The summed E-state index contributed by atoms with van der Waals surface area (Å²) in [6.07, 6.45) is 1.14. The van der Waals surface area contributed by atoms with Crippen molar-refractivity contribution in [1.82, 2.24) is 4.90 Å². The predicted octanol–water partition coefficient (Wildman–Crippen LogP) is -0.168. The maximum absolute atomic E-state index is 12.6. The molecule has 0 spiro atoms. The van der Waals surface area contributed by atoms with Crippen molar-refractivity contribution in [2.24, 2.45) is 5.92 Å². The molecule has 9 heteroatoms. The molecule has 126 valence electrons. The number of hydrogen-bond donors (Lipinski definition) is 1. The number of esters is 1. The fourth-order valence-electron chi connectivity index (χ4n) is 2.91. The molecule has 8 nitrogen and oxygen atoms in total. The minimum atomic E-state index is -3.81. The first kappa shape index (κ1) is 17.2. The van der Waals surface area contributed by atoms with Gasteiger partial charge >= 0.3 is 11.9 Å². The number of aliphatic carboxylic acids is 1. The van der Waals surface area contributed by atoms with Crippen LogP contribution in [0.4, 0.5) is 0 Å². The first-order valence-corrected chi connectivity index (χ1v) is 8.76. The van der Waals surface area contributed by atoms with Crippen LogP contribution in [0.1, 0.15) is 27.2 Å². The van der Waals surface area contributed by atoms with Crippen LogP contribution in [0.5, 0.6) is 0 Å². The zero-order valence-corrected chi connectivity index (χ0v) is 13.8. The summed E-state index contributed by atoms with van der Waals surface area (Å²) < 4.78 is 32.7. The number of nitrogens with zero attached hydrogens (tertiary/aromatic N) is 1.